The van der Waals surface area contributed by atoms with Crippen molar-refractivity contribution >= 4 is 6.21 Å². The van der Waals surface area contributed by atoms with E-state index in [1.54, 1.807) is 0 Å². The van der Waals surface area contributed by atoms with Gasteiger partial charge in [0.05, 0.1) is 6.04 Å². The highest BCUT2D eigenvalue weighted by Crippen LogP contribution is 2.03. The third-order valence-electron chi connectivity index (χ3n) is 1.53. The largest absolute Gasteiger partial charge is 0.326 e. The molecule has 0 aromatic heterocycles. The van der Waals surface area contributed by atoms with E-state index < -0.39 is 0 Å². The molecule has 2 atom stereocenters. The van der Waals surface area contributed by atoms with Crippen LogP contribution in [0.1, 0.15) is 33.6 Å². The number of aliphatic imine (C=N–C) groups is 1. The summed E-state index contributed by atoms with van der Waals surface area (Å²) in [5.74, 6) is 0. The fourth-order valence-corrected chi connectivity index (χ4v) is 0.960. The topological polar surface area (TPSA) is 38.4 Å². The molecule has 2 heteroatoms. The minimum absolute atomic E-state index is 0.191. The van der Waals surface area contributed by atoms with Crippen LogP contribution in [-0.4, -0.2) is 18.3 Å². The molecule has 60 valence electrons. The molecule has 2 nitrogen and oxygen atoms in total. The fraction of sp³-hybridized carbons (Fsp3) is 0.875. The van der Waals surface area contributed by atoms with Crippen LogP contribution in [0.2, 0.25) is 0 Å². The SMILES string of the molecule is CC=NC(CCC)C(C)N. The summed E-state index contributed by atoms with van der Waals surface area (Å²) in [6, 6.07) is 0.520. The highest BCUT2D eigenvalue weighted by atomic mass is 14.8. The molecule has 2 N–H and O–H groups in total. The van der Waals surface area contributed by atoms with Gasteiger partial charge >= 0.3 is 0 Å². The summed E-state index contributed by atoms with van der Waals surface area (Å²) < 4.78 is 0. The molecule has 0 bridgehead atoms. The van der Waals surface area contributed by atoms with Crippen LogP contribution in [0.15, 0.2) is 4.99 Å². The zero-order chi connectivity index (χ0) is 7.98. The standard InChI is InChI=1S/C8H18N2/c1-4-6-8(7(3)9)10-5-2/h5,7-8H,4,6,9H2,1-3H3. The maximum Gasteiger partial charge on any atom is 0.0643 e. The Morgan fingerprint density at radius 3 is 2.50 bits per heavy atom. The van der Waals surface area contributed by atoms with E-state index in [1.807, 2.05) is 20.1 Å². The Kier molecular flexibility index (Phi) is 5.22. The lowest BCUT2D eigenvalue weighted by Crippen LogP contribution is -2.29. The number of hydrogen-bond acceptors (Lipinski definition) is 2. The van der Waals surface area contributed by atoms with Gasteiger partial charge in [-0.3, -0.25) is 4.99 Å². The lowest BCUT2D eigenvalue weighted by atomic mass is 10.1. The number of nitrogens with two attached hydrogens (primary N) is 1. The van der Waals surface area contributed by atoms with E-state index in [2.05, 4.69) is 11.9 Å². The van der Waals surface area contributed by atoms with Crippen LogP contribution >= 0.6 is 0 Å². The van der Waals surface area contributed by atoms with E-state index >= 15 is 0 Å². The van der Waals surface area contributed by atoms with Crippen molar-refractivity contribution < 1.29 is 0 Å². The number of hydrogen-bond donors (Lipinski definition) is 1. The third-order valence-corrected chi connectivity index (χ3v) is 1.53. The molecule has 10 heavy (non-hydrogen) atoms. The van der Waals surface area contributed by atoms with Gasteiger partial charge in [0.15, 0.2) is 0 Å². The molecule has 2 unspecified atom stereocenters. The molecule has 0 rings (SSSR count). The zero-order valence-corrected chi connectivity index (χ0v) is 7.17. The van der Waals surface area contributed by atoms with Gasteiger partial charge in [-0.25, -0.2) is 0 Å². The van der Waals surface area contributed by atoms with Gasteiger partial charge < -0.3 is 5.73 Å². The van der Waals surface area contributed by atoms with E-state index in [0.29, 0.717) is 6.04 Å². The first-order valence-corrected chi connectivity index (χ1v) is 3.95. The molecule has 0 saturated heterocycles. The first-order valence-electron chi connectivity index (χ1n) is 3.95. The van der Waals surface area contributed by atoms with Gasteiger partial charge in [0.25, 0.3) is 0 Å². The Hall–Kier alpha value is -0.370. The second-order valence-electron chi connectivity index (χ2n) is 2.62. The average molecular weight is 142 g/mol. The fourth-order valence-electron chi connectivity index (χ4n) is 0.960. The Balaban J connectivity index is 3.72. The third kappa shape index (κ3) is 3.62. The predicted octanol–water partition coefficient (Wildman–Crippen LogP) is 1.59. The van der Waals surface area contributed by atoms with E-state index in [4.69, 9.17) is 5.73 Å². The Morgan fingerprint density at radius 1 is 1.60 bits per heavy atom. The van der Waals surface area contributed by atoms with Crippen LogP contribution in [0.3, 0.4) is 0 Å². The highest BCUT2D eigenvalue weighted by Gasteiger charge is 2.08. The number of rotatable bonds is 4. The molecule has 0 saturated carbocycles. The Labute approximate surface area is 63.5 Å². The van der Waals surface area contributed by atoms with Crippen molar-refractivity contribution in [2.45, 2.75) is 45.7 Å². The van der Waals surface area contributed by atoms with Crippen molar-refractivity contribution in [2.24, 2.45) is 10.7 Å². The van der Waals surface area contributed by atoms with Crippen LogP contribution in [0.5, 0.6) is 0 Å². The Morgan fingerprint density at radius 2 is 2.20 bits per heavy atom. The van der Waals surface area contributed by atoms with Crippen LogP contribution in [0.25, 0.3) is 0 Å². The number of nitrogens with zero attached hydrogens (tertiary/aromatic N) is 1. The van der Waals surface area contributed by atoms with Crippen molar-refractivity contribution in [1.29, 1.82) is 0 Å². The summed E-state index contributed by atoms with van der Waals surface area (Å²) in [5.41, 5.74) is 5.70. The van der Waals surface area contributed by atoms with Crippen LogP contribution in [0, 0.1) is 0 Å². The molecule has 0 aromatic rings. The van der Waals surface area contributed by atoms with Crippen LogP contribution in [-0.2, 0) is 0 Å². The summed E-state index contributed by atoms with van der Waals surface area (Å²) in [7, 11) is 0. The van der Waals surface area contributed by atoms with E-state index in [9.17, 15) is 0 Å². The molecule has 0 aromatic carbocycles. The summed E-state index contributed by atoms with van der Waals surface area (Å²) in [5, 5.41) is 0. The lowest BCUT2D eigenvalue weighted by molar-refractivity contribution is 0.522. The van der Waals surface area contributed by atoms with Gasteiger partial charge in [-0.15, -0.1) is 0 Å². The van der Waals surface area contributed by atoms with E-state index in [0.717, 1.165) is 12.8 Å². The average Bonchev–Trinajstić information content (AvgIpc) is 1.87. The van der Waals surface area contributed by atoms with Gasteiger partial charge in [-0.2, -0.15) is 0 Å². The quantitative estimate of drug-likeness (QED) is 0.595. The van der Waals surface area contributed by atoms with Gasteiger partial charge in [0, 0.05) is 6.04 Å². The molecule has 0 radical (unpaired) electrons. The zero-order valence-electron chi connectivity index (χ0n) is 7.17. The second kappa shape index (κ2) is 5.42. The lowest BCUT2D eigenvalue weighted by Gasteiger charge is -2.14. The second-order valence-corrected chi connectivity index (χ2v) is 2.62. The summed E-state index contributed by atoms with van der Waals surface area (Å²) in [6.45, 7) is 6.10. The van der Waals surface area contributed by atoms with Gasteiger partial charge in [-0.1, -0.05) is 13.3 Å². The van der Waals surface area contributed by atoms with Crippen molar-refractivity contribution in [3.05, 3.63) is 0 Å². The van der Waals surface area contributed by atoms with Crippen molar-refractivity contribution in [3.63, 3.8) is 0 Å². The van der Waals surface area contributed by atoms with E-state index in [1.165, 1.54) is 0 Å². The maximum atomic E-state index is 5.70. The monoisotopic (exact) mass is 142 g/mol. The van der Waals surface area contributed by atoms with Crippen LogP contribution in [0.4, 0.5) is 0 Å². The molecule has 0 spiro atoms. The van der Waals surface area contributed by atoms with Gasteiger partial charge in [-0.05, 0) is 26.5 Å². The van der Waals surface area contributed by atoms with E-state index in [-0.39, 0.29) is 6.04 Å². The first-order chi connectivity index (χ1) is 4.72. The molecule has 0 fully saturated rings. The molecule has 0 aliphatic rings. The Bertz CT molecular complexity index is 97.4. The first kappa shape index (κ1) is 9.63. The van der Waals surface area contributed by atoms with Gasteiger partial charge in [0.1, 0.15) is 0 Å². The normalized spacial score (nSPS) is 17.6. The highest BCUT2D eigenvalue weighted by molar-refractivity contribution is 5.53. The van der Waals surface area contributed by atoms with Crippen molar-refractivity contribution in [3.8, 4) is 0 Å². The molecule has 0 aliphatic carbocycles. The molecule has 0 amide bonds. The summed E-state index contributed by atoms with van der Waals surface area (Å²) in [4.78, 5) is 4.26. The van der Waals surface area contributed by atoms with Crippen LogP contribution < -0.4 is 5.73 Å². The van der Waals surface area contributed by atoms with Gasteiger partial charge in [0.2, 0.25) is 0 Å². The van der Waals surface area contributed by atoms with Crippen molar-refractivity contribution in [1.82, 2.24) is 0 Å². The molecule has 0 heterocycles. The summed E-state index contributed by atoms with van der Waals surface area (Å²) in [6.07, 6.45) is 4.09. The summed E-state index contributed by atoms with van der Waals surface area (Å²) >= 11 is 0. The predicted molar refractivity (Wildman–Crippen MR) is 46.5 cm³/mol. The minimum Gasteiger partial charge on any atom is -0.326 e. The van der Waals surface area contributed by atoms with Crippen molar-refractivity contribution in [2.75, 3.05) is 0 Å². The molecular formula is C8H18N2. The minimum atomic E-state index is 0.191. The smallest absolute Gasteiger partial charge is 0.0643 e. The molecule has 0 aliphatic heterocycles. The molecular weight excluding hydrogens is 124 g/mol. The maximum absolute atomic E-state index is 5.70.